The largest absolute Gasteiger partial charge is 0.466 e. The van der Waals surface area contributed by atoms with Gasteiger partial charge in [-0.3, -0.25) is 4.79 Å². The molecule has 0 unspecified atom stereocenters. The maximum absolute atomic E-state index is 13.1. The summed E-state index contributed by atoms with van der Waals surface area (Å²) in [6, 6.07) is 2.82. The molecule has 1 atom stereocenters. The minimum atomic E-state index is -1.64. The summed E-state index contributed by atoms with van der Waals surface area (Å²) in [5, 5.41) is 12.8. The summed E-state index contributed by atoms with van der Waals surface area (Å²) in [4.78, 5) is 11.9. The van der Waals surface area contributed by atoms with E-state index in [4.69, 9.17) is 4.42 Å². The van der Waals surface area contributed by atoms with Crippen molar-refractivity contribution < 1.29 is 27.5 Å². The number of rotatable bonds is 4. The number of benzene rings is 1. The van der Waals surface area contributed by atoms with Gasteiger partial charge in [-0.05, 0) is 39.0 Å². The number of hydrogen-bond donors (Lipinski definition) is 2. The number of amides is 1. The average Bonchev–Trinajstić information content (AvgIpc) is 2.81. The van der Waals surface area contributed by atoms with Crippen molar-refractivity contribution in [1.29, 1.82) is 0 Å². The van der Waals surface area contributed by atoms with E-state index in [-0.39, 0.29) is 12.1 Å². The van der Waals surface area contributed by atoms with Crippen LogP contribution in [0.4, 0.5) is 13.2 Å². The van der Waals surface area contributed by atoms with Crippen molar-refractivity contribution in [3.05, 3.63) is 58.3 Å². The fourth-order valence-corrected chi connectivity index (χ4v) is 2.30. The maximum Gasteiger partial charge on any atom is 0.251 e. The lowest BCUT2D eigenvalue weighted by molar-refractivity contribution is 0.0514. The lowest BCUT2D eigenvalue weighted by atomic mass is 9.96. The van der Waals surface area contributed by atoms with E-state index in [9.17, 15) is 23.1 Å². The molecule has 4 nitrogen and oxygen atoms in total. The summed E-state index contributed by atoms with van der Waals surface area (Å²) in [6.45, 7) is 4.64. The molecule has 0 radical (unpaired) electrons. The molecule has 1 amide bonds. The lowest BCUT2D eigenvalue weighted by Gasteiger charge is -2.23. The molecule has 0 aliphatic heterocycles. The molecule has 1 aromatic carbocycles. The van der Waals surface area contributed by atoms with E-state index >= 15 is 0 Å². The Morgan fingerprint density at radius 1 is 1.22 bits per heavy atom. The fraction of sp³-hybridized carbons (Fsp3) is 0.312. The second-order valence-corrected chi connectivity index (χ2v) is 5.54. The summed E-state index contributed by atoms with van der Waals surface area (Å²) in [7, 11) is 0. The molecular weight excluding hydrogens is 311 g/mol. The first-order chi connectivity index (χ1) is 10.6. The summed E-state index contributed by atoms with van der Waals surface area (Å²) >= 11 is 0. The molecule has 2 aromatic rings. The third-order valence-electron chi connectivity index (χ3n) is 3.46. The summed E-state index contributed by atoms with van der Waals surface area (Å²) in [5.41, 5.74) is -1.32. The highest BCUT2D eigenvalue weighted by molar-refractivity contribution is 5.94. The van der Waals surface area contributed by atoms with Gasteiger partial charge >= 0.3 is 0 Å². The third-order valence-corrected chi connectivity index (χ3v) is 3.46. The van der Waals surface area contributed by atoms with Crippen molar-refractivity contribution in [3.63, 3.8) is 0 Å². The van der Waals surface area contributed by atoms with Gasteiger partial charge in [0.15, 0.2) is 17.5 Å². The van der Waals surface area contributed by atoms with Gasteiger partial charge in [-0.2, -0.15) is 0 Å². The molecule has 0 aliphatic carbocycles. The van der Waals surface area contributed by atoms with E-state index < -0.39 is 29.0 Å². The van der Waals surface area contributed by atoms with Crippen LogP contribution in [0.5, 0.6) is 0 Å². The predicted octanol–water partition coefficient (Wildman–Crippen LogP) is 2.95. The first kappa shape index (κ1) is 17.1. The Balaban J connectivity index is 2.14. The number of hydrogen-bond acceptors (Lipinski definition) is 3. The van der Waals surface area contributed by atoms with E-state index in [1.54, 1.807) is 19.9 Å². The predicted molar refractivity (Wildman–Crippen MR) is 76.4 cm³/mol. The third kappa shape index (κ3) is 3.56. The molecule has 7 heteroatoms. The molecule has 2 rings (SSSR count). The Morgan fingerprint density at radius 2 is 1.78 bits per heavy atom. The van der Waals surface area contributed by atoms with Gasteiger partial charge in [-0.25, -0.2) is 13.2 Å². The van der Waals surface area contributed by atoms with Gasteiger partial charge < -0.3 is 14.8 Å². The molecule has 1 aromatic heterocycles. The van der Waals surface area contributed by atoms with Crippen LogP contribution in [0.15, 0.2) is 22.6 Å². The van der Waals surface area contributed by atoms with Crippen LogP contribution in [-0.2, 0) is 5.60 Å². The van der Waals surface area contributed by atoms with Crippen molar-refractivity contribution >= 4 is 5.91 Å². The van der Waals surface area contributed by atoms with Crippen LogP contribution < -0.4 is 5.32 Å². The monoisotopic (exact) mass is 327 g/mol. The smallest absolute Gasteiger partial charge is 0.251 e. The van der Waals surface area contributed by atoms with Gasteiger partial charge in [0.2, 0.25) is 0 Å². The number of aryl methyl sites for hydroxylation is 2. The van der Waals surface area contributed by atoms with Gasteiger partial charge in [0, 0.05) is 11.1 Å². The van der Waals surface area contributed by atoms with E-state index in [0.29, 0.717) is 29.2 Å². The molecule has 1 heterocycles. The highest BCUT2D eigenvalue weighted by Gasteiger charge is 2.28. The average molecular weight is 327 g/mol. The van der Waals surface area contributed by atoms with Crippen LogP contribution in [0.1, 0.15) is 34.4 Å². The van der Waals surface area contributed by atoms with E-state index in [2.05, 4.69) is 5.32 Å². The van der Waals surface area contributed by atoms with Crippen LogP contribution in [0.2, 0.25) is 0 Å². The Morgan fingerprint density at radius 3 is 2.26 bits per heavy atom. The second kappa shape index (κ2) is 6.08. The van der Waals surface area contributed by atoms with Crippen molar-refractivity contribution in [2.24, 2.45) is 0 Å². The zero-order chi connectivity index (χ0) is 17.4. The molecule has 0 saturated carbocycles. The van der Waals surface area contributed by atoms with Crippen molar-refractivity contribution in [3.8, 4) is 0 Å². The van der Waals surface area contributed by atoms with Crippen LogP contribution in [0.25, 0.3) is 0 Å². The van der Waals surface area contributed by atoms with Gasteiger partial charge in [-0.1, -0.05) is 0 Å². The van der Waals surface area contributed by atoms with Gasteiger partial charge in [0.05, 0.1) is 6.54 Å². The second-order valence-electron chi connectivity index (χ2n) is 5.54. The normalized spacial score (nSPS) is 13.7. The molecule has 0 aliphatic rings. The van der Waals surface area contributed by atoms with Gasteiger partial charge in [0.25, 0.3) is 5.91 Å². The number of nitrogens with one attached hydrogen (secondary N) is 1. The first-order valence-corrected chi connectivity index (χ1v) is 6.84. The van der Waals surface area contributed by atoms with Crippen LogP contribution in [0, 0.1) is 31.3 Å². The topological polar surface area (TPSA) is 62.5 Å². The standard InChI is InChI=1S/C16H16F3NO3/c1-8-4-11(9(2)23-8)16(3,22)7-20-15(21)10-5-12(17)14(19)13(18)6-10/h4-6,22H,7H2,1-3H3,(H,20,21)/t16-/m1/s1. The zero-order valence-electron chi connectivity index (χ0n) is 12.8. The van der Waals surface area contributed by atoms with Crippen LogP contribution >= 0.6 is 0 Å². The molecule has 124 valence electrons. The summed E-state index contributed by atoms with van der Waals surface area (Å²) in [6.07, 6.45) is 0. The number of aliphatic hydroxyl groups is 1. The number of carbonyl (C=O) groups excluding carboxylic acids is 1. The van der Waals surface area contributed by atoms with E-state index in [0.717, 1.165) is 0 Å². The summed E-state index contributed by atoms with van der Waals surface area (Å²) in [5.74, 6) is -4.28. The Kier molecular flexibility index (Phi) is 4.51. The van der Waals surface area contributed by atoms with E-state index in [1.807, 2.05) is 0 Å². The number of furan rings is 1. The molecule has 0 saturated heterocycles. The Labute approximate surface area is 130 Å². The first-order valence-electron chi connectivity index (χ1n) is 6.84. The SMILES string of the molecule is Cc1cc([C@](C)(O)CNC(=O)c2cc(F)c(F)c(F)c2)c(C)o1. The highest BCUT2D eigenvalue weighted by atomic mass is 19.2. The molecule has 23 heavy (non-hydrogen) atoms. The molecule has 0 spiro atoms. The minimum absolute atomic E-state index is 0.216. The molecular formula is C16H16F3NO3. The quantitative estimate of drug-likeness (QED) is 0.849. The van der Waals surface area contributed by atoms with Crippen molar-refractivity contribution in [2.75, 3.05) is 6.54 Å². The van der Waals surface area contributed by atoms with Crippen molar-refractivity contribution in [1.82, 2.24) is 5.32 Å². The van der Waals surface area contributed by atoms with E-state index in [1.165, 1.54) is 6.92 Å². The maximum atomic E-state index is 13.1. The summed E-state index contributed by atoms with van der Waals surface area (Å²) < 4.78 is 44.5. The zero-order valence-corrected chi connectivity index (χ0v) is 12.8. The fourth-order valence-electron chi connectivity index (χ4n) is 2.30. The van der Waals surface area contributed by atoms with Crippen LogP contribution in [0.3, 0.4) is 0 Å². The minimum Gasteiger partial charge on any atom is -0.466 e. The van der Waals surface area contributed by atoms with Crippen molar-refractivity contribution in [2.45, 2.75) is 26.4 Å². The Bertz CT molecular complexity index is 730. The van der Waals surface area contributed by atoms with Gasteiger partial charge in [-0.15, -0.1) is 0 Å². The number of halogens is 3. The Hall–Kier alpha value is -2.28. The lowest BCUT2D eigenvalue weighted by Crippen LogP contribution is -2.38. The molecule has 0 bridgehead atoms. The number of carbonyl (C=O) groups is 1. The molecule has 0 fully saturated rings. The highest BCUT2D eigenvalue weighted by Crippen LogP contribution is 2.26. The van der Waals surface area contributed by atoms with Gasteiger partial charge in [0.1, 0.15) is 17.1 Å². The van der Waals surface area contributed by atoms with Crippen LogP contribution in [-0.4, -0.2) is 17.6 Å². The molecule has 2 N–H and O–H groups in total.